The number of hydrogen-bond acceptors (Lipinski definition) is 6. The summed E-state index contributed by atoms with van der Waals surface area (Å²) in [5, 5.41) is 9.49. The van der Waals surface area contributed by atoms with Crippen molar-refractivity contribution in [3.63, 3.8) is 0 Å². The highest BCUT2D eigenvalue weighted by Crippen LogP contribution is 2.16. The molecule has 0 unspecified atom stereocenters. The van der Waals surface area contributed by atoms with Gasteiger partial charge in [-0.05, 0) is 14.0 Å². The monoisotopic (exact) mass is 313 g/mol. The van der Waals surface area contributed by atoms with Gasteiger partial charge in [0.05, 0.1) is 12.7 Å². The van der Waals surface area contributed by atoms with Crippen LogP contribution in [0, 0.1) is 6.92 Å². The molecule has 0 radical (unpaired) electrons. The number of oxazole rings is 1. The van der Waals surface area contributed by atoms with Crippen molar-refractivity contribution in [1.82, 2.24) is 25.2 Å². The third-order valence-electron chi connectivity index (χ3n) is 3.01. The number of aromatic amines is 1. The maximum Gasteiger partial charge on any atom is 0.260 e. The predicted octanol–water partition coefficient (Wildman–Crippen LogP) is 0.466. The van der Waals surface area contributed by atoms with E-state index in [4.69, 9.17) is 4.42 Å². The fourth-order valence-electron chi connectivity index (χ4n) is 1.86. The fraction of sp³-hybridized carbons (Fsp3) is 0.500. The number of nitrogens with one attached hydrogen (secondary N) is 3. The molecule has 0 atom stereocenters. The van der Waals surface area contributed by atoms with Crippen molar-refractivity contribution in [3.8, 4) is 0 Å². The van der Waals surface area contributed by atoms with E-state index < -0.39 is 10.0 Å². The van der Waals surface area contributed by atoms with E-state index in [0.717, 1.165) is 5.76 Å². The first-order chi connectivity index (χ1) is 9.97. The molecular weight excluding hydrogens is 294 g/mol. The third kappa shape index (κ3) is 3.49. The van der Waals surface area contributed by atoms with Gasteiger partial charge in [0, 0.05) is 24.2 Å². The summed E-state index contributed by atoms with van der Waals surface area (Å²) in [4.78, 5) is 4.01. The first-order valence-electron chi connectivity index (χ1n) is 6.59. The van der Waals surface area contributed by atoms with Crippen LogP contribution in [0.4, 0.5) is 0 Å². The van der Waals surface area contributed by atoms with Gasteiger partial charge in [-0.3, -0.25) is 5.10 Å². The summed E-state index contributed by atoms with van der Waals surface area (Å²) in [6.07, 6.45) is 2.30. The minimum atomic E-state index is -3.72. The van der Waals surface area contributed by atoms with E-state index in [1.807, 2.05) is 6.92 Å². The second-order valence-electron chi connectivity index (χ2n) is 4.56. The molecule has 0 amide bonds. The van der Waals surface area contributed by atoms with Crippen LogP contribution < -0.4 is 10.0 Å². The van der Waals surface area contributed by atoms with Crippen LogP contribution in [-0.4, -0.2) is 30.6 Å². The maximum atomic E-state index is 12.3. The van der Waals surface area contributed by atoms with Crippen LogP contribution in [0.3, 0.4) is 0 Å². The normalized spacial score (nSPS) is 12.0. The average molecular weight is 313 g/mol. The molecule has 0 fully saturated rings. The molecule has 116 valence electrons. The summed E-state index contributed by atoms with van der Waals surface area (Å²) in [6.45, 7) is 4.12. The fourth-order valence-corrected chi connectivity index (χ4v) is 3.02. The Morgan fingerprint density at radius 1 is 1.38 bits per heavy atom. The van der Waals surface area contributed by atoms with E-state index in [-0.39, 0.29) is 11.6 Å². The summed E-state index contributed by atoms with van der Waals surface area (Å²) in [5.41, 5.74) is 1.33. The number of rotatable bonds is 7. The molecule has 9 heteroatoms. The zero-order chi connectivity index (χ0) is 15.5. The lowest BCUT2D eigenvalue weighted by Crippen LogP contribution is -2.25. The zero-order valence-corrected chi connectivity index (χ0v) is 13.0. The highest BCUT2D eigenvalue weighted by molar-refractivity contribution is 7.89. The highest BCUT2D eigenvalue weighted by Gasteiger charge is 2.23. The molecule has 0 aliphatic rings. The van der Waals surface area contributed by atoms with Crippen molar-refractivity contribution < 1.29 is 12.8 Å². The molecule has 2 rings (SSSR count). The van der Waals surface area contributed by atoms with E-state index in [1.54, 1.807) is 20.2 Å². The maximum absolute atomic E-state index is 12.3. The van der Waals surface area contributed by atoms with Crippen LogP contribution in [0.5, 0.6) is 0 Å². The lowest BCUT2D eigenvalue weighted by molar-refractivity contribution is 0.452. The van der Waals surface area contributed by atoms with Crippen LogP contribution in [0.1, 0.15) is 29.8 Å². The first kappa shape index (κ1) is 15.7. The molecule has 2 heterocycles. The molecule has 8 nitrogen and oxygen atoms in total. The van der Waals surface area contributed by atoms with Crippen molar-refractivity contribution in [2.45, 2.75) is 38.4 Å². The Labute approximate surface area is 123 Å². The Morgan fingerprint density at radius 3 is 2.76 bits per heavy atom. The first-order valence-corrected chi connectivity index (χ1v) is 8.08. The third-order valence-corrected chi connectivity index (χ3v) is 4.38. The topological polar surface area (TPSA) is 113 Å². The van der Waals surface area contributed by atoms with E-state index >= 15 is 0 Å². The van der Waals surface area contributed by atoms with Crippen molar-refractivity contribution in [1.29, 1.82) is 0 Å². The predicted molar refractivity (Wildman–Crippen MR) is 76.0 cm³/mol. The van der Waals surface area contributed by atoms with Crippen molar-refractivity contribution in [3.05, 3.63) is 29.1 Å². The van der Waals surface area contributed by atoms with Gasteiger partial charge >= 0.3 is 0 Å². The summed E-state index contributed by atoms with van der Waals surface area (Å²) in [7, 11) is -1.97. The van der Waals surface area contributed by atoms with Gasteiger partial charge in [0.15, 0.2) is 5.03 Å². The second-order valence-corrected chi connectivity index (χ2v) is 6.24. The molecular formula is C12H19N5O3S. The molecule has 0 bridgehead atoms. The highest BCUT2D eigenvalue weighted by atomic mass is 32.2. The lowest BCUT2D eigenvalue weighted by atomic mass is 10.3. The van der Waals surface area contributed by atoms with E-state index in [0.29, 0.717) is 30.1 Å². The molecule has 0 aliphatic carbocycles. The average Bonchev–Trinajstić information content (AvgIpc) is 3.05. The van der Waals surface area contributed by atoms with E-state index in [1.165, 1.54) is 0 Å². The molecule has 0 aliphatic heterocycles. The van der Waals surface area contributed by atoms with Gasteiger partial charge in [-0.15, -0.1) is 0 Å². The van der Waals surface area contributed by atoms with E-state index in [2.05, 4.69) is 25.2 Å². The van der Waals surface area contributed by atoms with Crippen molar-refractivity contribution in [2.75, 3.05) is 7.05 Å². The number of hydrogen-bond donors (Lipinski definition) is 3. The molecule has 0 aromatic carbocycles. The van der Waals surface area contributed by atoms with Gasteiger partial charge in [0.1, 0.15) is 5.76 Å². The molecule has 2 aromatic heterocycles. The summed E-state index contributed by atoms with van der Waals surface area (Å²) >= 11 is 0. The SMILES string of the molecule is CCc1cnc(CNS(=O)(=O)c2n[nH]c(C)c2CNC)o1. The molecule has 0 saturated carbocycles. The van der Waals surface area contributed by atoms with Gasteiger partial charge < -0.3 is 9.73 Å². The van der Waals surface area contributed by atoms with Gasteiger partial charge in [-0.25, -0.2) is 18.1 Å². The largest absolute Gasteiger partial charge is 0.444 e. The molecule has 0 saturated heterocycles. The zero-order valence-electron chi connectivity index (χ0n) is 12.2. The summed E-state index contributed by atoms with van der Waals surface area (Å²) in [5.74, 6) is 1.05. The minimum Gasteiger partial charge on any atom is -0.444 e. The Kier molecular flexibility index (Phi) is 4.76. The second kappa shape index (κ2) is 6.37. The van der Waals surface area contributed by atoms with Gasteiger partial charge in [-0.2, -0.15) is 5.10 Å². The van der Waals surface area contributed by atoms with Crippen LogP contribution in [0.2, 0.25) is 0 Å². The minimum absolute atomic E-state index is 0.00313. The van der Waals surface area contributed by atoms with Crippen LogP contribution in [-0.2, 0) is 29.5 Å². The summed E-state index contributed by atoms with van der Waals surface area (Å²) in [6, 6.07) is 0. The number of aromatic nitrogens is 3. The van der Waals surface area contributed by atoms with Crippen LogP contribution in [0.25, 0.3) is 0 Å². The van der Waals surface area contributed by atoms with Gasteiger partial charge in [-0.1, -0.05) is 6.92 Å². The van der Waals surface area contributed by atoms with E-state index in [9.17, 15) is 8.42 Å². The van der Waals surface area contributed by atoms with Gasteiger partial charge in [0.25, 0.3) is 10.0 Å². The lowest BCUT2D eigenvalue weighted by Gasteiger charge is -2.05. The molecule has 21 heavy (non-hydrogen) atoms. The Bertz CT molecular complexity index is 704. The Balaban J connectivity index is 2.15. The standard InChI is InChI=1S/C12H19N5O3S/c1-4-9-5-14-11(20-9)7-15-21(18,19)12-10(6-13-3)8(2)16-17-12/h5,13,15H,4,6-7H2,1-3H3,(H,16,17). The smallest absolute Gasteiger partial charge is 0.260 e. The quantitative estimate of drug-likeness (QED) is 0.685. The number of sulfonamides is 1. The van der Waals surface area contributed by atoms with Crippen LogP contribution >= 0.6 is 0 Å². The summed E-state index contributed by atoms with van der Waals surface area (Å²) < 4.78 is 32.4. The van der Waals surface area contributed by atoms with Crippen molar-refractivity contribution in [2.24, 2.45) is 0 Å². The number of aryl methyl sites for hydroxylation is 2. The number of H-pyrrole nitrogens is 1. The van der Waals surface area contributed by atoms with Gasteiger partial charge in [0.2, 0.25) is 5.89 Å². The molecule has 3 N–H and O–H groups in total. The van der Waals surface area contributed by atoms with Crippen molar-refractivity contribution >= 4 is 10.0 Å². The Morgan fingerprint density at radius 2 is 2.14 bits per heavy atom. The molecule has 2 aromatic rings. The van der Waals surface area contributed by atoms with Crippen LogP contribution in [0.15, 0.2) is 15.6 Å². The Hall–Kier alpha value is -1.71. The number of nitrogens with zero attached hydrogens (tertiary/aromatic N) is 2. The molecule has 0 spiro atoms.